The zero-order chi connectivity index (χ0) is 21.2. The fraction of sp³-hybridized carbons (Fsp3) is 0.727. The number of carbonyl (C=O) groups excluding carboxylic acids is 4. The van der Waals surface area contributed by atoms with E-state index in [-0.39, 0.29) is 24.9 Å². The SMILES string of the molecule is C=C1C(=O)[C@]23CC1CC(O)[C@H]2C1(CCC[C@@](C)(COC(C)=O)[C@@H]1C=O)COC3=O. The molecule has 2 bridgehead atoms. The number of hydrogen-bond donors (Lipinski definition) is 1. The maximum absolute atomic E-state index is 13.2. The zero-order valence-electron chi connectivity index (χ0n) is 16.9. The van der Waals surface area contributed by atoms with Crippen molar-refractivity contribution in [1.82, 2.24) is 0 Å². The Morgan fingerprint density at radius 3 is 2.76 bits per heavy atom. The lowest BCUT2D eigenvalue weighted by Gasteiger charge is -2.61. The van der Waals surface area contributed by atoms with Crippen LogP contribution in [0.15, 0.2) is 12.2 Å². The van der Waals surface area contributed by atoms with E-state index >= 15 is 0 Å². The topological polar surface area (TPSA) is 107 Å². The predicted molar refractivity (Wildman–Crippen MR) is 100 cm³/mol. The smallest absolute Gasteiger partial charge is 0.320 e. The summed E-state index contributed by atoms with van der Waals surface area (Å²) in [5, 5.41) is 11.2. The number of Topliss-reactive ketones (excluding diaryl/α,β-unsaturated/α-hetero) is 1. The van der Waals surface area contributed by atoms with E-state index in [0.717, 1.165) is 12.7 Å². The van der Waals surface area contributed by atoms with Crippen LogP contribution >= 0.6 is 0 Å². The molecule has 4 fully saturated rings. The molecule has 7 atom stereocenters. The van der Waals surface area contributed by atoms with Gasteiger partial charge in [0.1, 0.15) is 11.7 Å². The lowest BCUT2D eigenvalue weighted by molar-refractivity contribution is -0.229. The number of esters is 2. The first-order valence-electron chi connectivity index (χ1n) is 10.3. The van der Waals surface area contributed by atoms with Crippen molar-refractivity contribution >= 4 is 24.0 Å². The van der Waals surface area contributed by atoms with E-state index in [4.69, 9.17) is 9.47 Å². The molecule has 1 aliphatic heterocycles. The Kier molecular flexibility index (Phi) is 4.53. The van der Waals surface area contributed by atoms with Gasteiger partial charge in [-0.2, -0.15) is 0 Å². The minimum absolute atomic E-state index is 0.0151. The number of fused-ring (bicyclic) bond motifs is 2. The van der Waals surface area contributed by atoms with E-state index in [9.17, 15) is 24.3 Å². The van der Waals surface area contributed by atoms with Crippen molar-refractivity contribution in [3.8, 4) is 0 Å². The first-order valence-corrected chi connectivity index (χ1v) is 10.3. The molecule has 0 radical (unpaired) electrons. The molecule has 2 spiro atoms. The molecular formula is C22H28O7. The third-order valence-corrected chi connectivity index (χ3v) is 8.16. The normalized spacial score (nSPS) is 46.2. The van der Waals surface area contributed by atoms with Crippen LogP contribution in [0.1, 0.15) is 46.0 Å². The average molecular weight is 404 g/mol. The molecule has 3 saturated carbocycles. The molecule has 3 aliphatic carbocycles. The highest BCUT2D eigenvalue weighted by molar-refractivity contribution is 6.15. The zero-order valence-corrected chi connectivity index (χ0v) is 16.9. The molecule has 29 heavy (non-hydrogen) atoms. The minimum Gasteiger partial charge on any atom is -0.465 e. The summed E-state index contributed by atoms with van der Waals surface area (Å²) in [6.45, 7) is 7.16. The van der Waals surface area contributed by atoms with Gasteiger partial charge in [0.15, 0.2) is 5.78 Å². The van der Waals surface area contributed by atoms with E-state index in [2.05, 4.69) is 6.58 Å². The second-order valence-corrected chi connectivity index (χ2v) is 9.72. The van der Waals surface area contributed by atoms with Crippen molar-refractivity contribution in [3.63, 3.8) is 0 Å². The highest BCUT2D eigenvalue weighted by atomic mass is 16.5. The maximum atomic E-state index is 13.2. The summed E-state index contributed by atoms with van der Waals surface area (Å²) in [6, 6.07) is 0. The summed E-state index contributed by atoms with van der Waals surface area (Å²) in [5.41, 5.74) is -2.61. The van der Waals surface area contributed by atoms with Gasteiger partial charge in [0.25, 0.3) is 0 Å². The van der Waals surface area contributed by atoms with E-state index in [1.54, 1.807) is 0 Å². The van der Waals surface area contributed by atoms with Crippen LogP contribution in [0.5, 0.6) is 0 Å². The molecule has 1 saturated heterocycles. The van der Waals surface area contributed by atoms with Crippen LogP contribution in [0.2, 0.25) is 0 Å². The number of ether oxygens (including phenoxy) is 2. The number of ketones is 1. The maximum Gasteiger partial charge on any atom is 0.320 e. The van der Waals surface area contributed by atoms with Gasteiger partial charge in [0, 0.05) is 29.6 Å². The van der Waals surface area contributed by atoms with Gasteiger partial charge in [0.2, 0.25) is 0 Å². The van der Waals surface area contributed by atoms with E-state index < -0.39 is 46.1 Å². The van der Waals surface area contributed by atoms with Crippen LogP contribution in [-0.4, -0.2) is 48.4 Å². The van der Waals surface area contributed by atoms with Crippen molar-refractivity contribution in [2.24, 2.45) is 34.0 Å². The Bertz CT molecular complexity index is 803. The van der Waals surface area contributed by atoms with Crippen LogP contribution in [0, 0.1) is 34.0 Å². The fourth-order valence-corrected chi connectivity index (χ4v) is 6.99. The number of rotatable bonds is 3. The molecule has 7 nitrogen and oxygen atoms in total. The Morgan fingerprint density at radius 1 is 1.38 bits per heavy atom. The van der Waals surface area contributed by atoms with Crippen molar-refractivity contribution in [2.75, 3.05) is 13.2 Å². The Hall–Kier alpha value is -2.02. The predicted octanol–water partition coefficient (Wildman–Crippen LogP) is 1.61. The van der Waals surface area contributed by atoms with Crippen molar-refractivity contribution < 1.29 is 33.8 Å². The number of hydrogen-bond acceptors (Lipinski definition) is 7. The molecule has 0 aromatic carbocycles. The number of allylic oxidation sites excluding steroid dienone is 1. The van der Waals surface area contributed by atoms with Gasteiger partial charge >= 0.3 is 11.9 Å². The van der Waals surface area contributed by atoms with Gasteiger partial charge in [-0.25, -0.2) is 0 Å². The molecule has 7 heteroatoms. The minimum atomic E-state index is -1.46. The van der Waals surface area contributed by atoms with Gasteiger partial charge in [-0.15, -0.1) is 0 Å². The van der Waals surface area contributed by atoms with Crippen LogP contribution < -0.4 is 0 Å². The molecule has 3 unspecified atom stereocenters. The first-order chi connectivity index (χ1) is 13.6. The second kappa shape index (κ2) is 6.49. The third-order valence-electron chi connectivity index (χ3n) is 8.16. The average Bonchev–Trinajstić information content (AvgIpc) is 2.86. The van der Waals surface area contributed by atoms with Crippen LogP contribution in [0.25, 0.3) is 0 Å². The standard InChI is InChI=1S/C22H28O7/c1-12-14-7-15(25)17-21(11-29-19(27)22(17,8-14)18(12)26)6-4-5-20(3,16(21)9-23)10-28-13(2)24/h9,14-17,25H,1,4-8,10-11H2,2-3H3/t14?,15?,16-,17-,20-,21?,22-/m0/s1. The van der Waals surface area contributed by atoms with Gasteiger partial charge in [-0.1, -0.05) is 19.9 Å². The van der Waals surface area contributed by atoms with E-state index in [1.807, 2.05) is 6.92 Å². The lowest BCUT2D eigenvalue weighted by atomic mass is 9.44. The van der Waals surface area contributed by atoms with Crippen LogP contribution in [0.3, 0.4) is 0 Å². The molecule has 0 aromatic rings. The molecule has 4 rings (SSSR count). The molecule has 0 amide bonds. The fourth-order valence-electron chi connectivity index (χ4n) is 6.99. The summed E-state index contributed by atoms with van der Waals surface area (Å²) in [7, 11) is 0. The number of cyclic esters (lactones) is 1. The van der Waals surface area contributed by atoms with Gasteiger partial charge in [-0.3, -0.25) is 14.4 Å². The largest absolute Gasteiger partial charge is 0.465 e. The van der Waals surface area contributed by atoms with E-state index in [1.165, 1.54) is 6.92 Å². The summed E-state index contributed by atoms with van der Waals surface area (Å²) < 4.78 is 10.9. The molecule has 4 aliphatic rings. The van der Waals surface area contributed by atoms with Crippen molar-refractivity contribution in [3.05, 3.63) is 12.2 Å². The molecule has 158 valence electrons. The van der Waals surface area contributed by atoms with Crippen LogP contribution in [-0.2, 0) is 28.7 Å². The van der Waals surface area contributed by atoms with E-state index in [0.29, 0.717) is 31.3 Å². The first kappa shape index (κ1) is 20.3. The van der Waals surface area contributed by atoms with Crippen molar-refractivity contribution in [2.45, 2.75) is 52.1 Å². The Morgan fingerprint density at radius 2 is 2.10 bits per heavy atom. The Labute approximate surface area is 169 Å². The highest BCUT2D eigenvalue weighted by Crippen LogP contribution is 2.67. The molecule has 0 aromatic heterocycles. The van der Waals surface area contributed by atoms with Crippen molar-refractivity contribution in [1.29, 1.82) is 0 Å². The number of aliphatic hydroxyl groups is 1. The molecule has 1 N–H and O–H groups in total. The number of carbonyl (C=O) groups is 4. The molecule has 1 heterocycles. The quantitative estimate of drug-likeness (QED) is 0.330. The summed E-state index contributed by atoms with van der Waals surface area (Å²) >= 11 is 0. The number of aldehydes is 1. The van der Waals surface area contributed by atoms with Crippen LogP contribution in [0.4, 0.5) is 0 Å². The summed E-state index contributed by atoms with van der Waals surface area (Å²) in [5.74, 6) is -2.92. The lowest BCUT2D eigenvalue weighted by Crippen LogP contribution is -2.67. The summed E-state index contributed by atoms with van der Waals surface area (Å²) in [6.07, 6.45) is 2.55. The Balaban J connectivity index is 1.83. The van der Waals surface area contributed by atoms with Gasteiger partial charge in [-0.05, 0) is 37.2 Å². The van der Waals surface area contributed by atoms with Gasteiger partial charge in [0.05, 0.1) is 19.3 Å². The summed E-state index contributed by atoms with van der Waals surface area (Å²) in [4.78, 5) is 50.0. The third kappa shape index (κ3) is 2.52. The monoisotopic (exact) mass is 404 g/mol. The van der Waals surface area contributed by atoms with Gasteiger partial charge < -0.3 is 19.4 Å². The highest BCUT2D eigenvalue weighted by Gasteiger charge is 2.74. The molecular weight excluding hydrogens is 376 g/mol. The number of aliphatic hydroxyl groups excluding tert-OH is 1. The second-order valence-electron chi connectivity index (χ2n) is 9.72.